The topological polar surface area (TPSA) is 120 Å². The van der Waals surface area contributed by atoms with Crippen molar-refractivity contribution in [2.45, 2.75) is 16.6 Å². The standard InChI is InChI=1S/C27H21N5O5S/c1-30-16-28-29-27(30)38-24-12-9-18(14-23(24)32(35)36)13-22-20-5-3-4-6-21(20)25(33)31(26(22)34)15-17-7-10-19(37-2)11-8-17/h3-14,16H,15H2,1-2H3. The van der Waals surface area contributed by atoms with Crippen LogP contribution < -0.4 is 4.74 Å². The Morgan fingerprint density at radius 3 is 2.42 bits per heavy atom. The van der Waals surface area contributed by atoms with Gasteiger partial charge in [-0.15, -0.1) is 10.2 Å². The molecule has 2 amide bonds. The molecule has 190 valence electrons. The van der Waals surface area contributed by atoms with E-state index < -0.39 is 16.7 Å². The minimum atomic E-state index is -0.482. The molecule has 0 aliphatic carbocycles. The predicted molar refractivity (Wildman–Crippen MR) is 140 cm³/mol. The van der Waals surface area contributed by atoms with Gasteiger partial charge in [-0.2, -0.15) is 0 Å². The van der Waals surface area contributed by atoms with Gasteiger partial charge in [0.15, 0.2) is 5.16 Å². The van der Waals surface area contributed by atoms with Crippen molar-refractivity contribution in [1.82, 2.24) is 19.7 Å². The molecular weight excluding hydrogens is 506 g/mol. The van der Waals surface area contributed by atoms with Gasteiger partial charge in [-0.25, -0.2) is 0 Å². The number of rotatable bonds is 7. The van der Waals surface area contributed by atoms with Gasteiger partial charge in [-0.05, 0) is 58.8 Å². The predicted octanol–water partition coefficient (Wildman–Crippen LogP) is 4.61. The molecular formula is C27H21N5O5S. The highest BCUT2D eigenvalue weighted by Crippen LogP contribution is 2.36. The van der Waals surface area contributed by atoms with Crippen molar-refractivity contribution in [2.75, 3.05) is 7.11 Å². The number of methoxy groups -OCH3 is 1. The number of carbonyl (C=O) groups is 2. The first-order valence-electron chi connectivity index (χ1n) is 11.5. The van der Waals surface area contributed by atoms with Crippen LogP contribution in [0, 0.1) is 10.1 Å². The smallest absolute Gasteiger partial charge is 0.283 e. The summed E-state index contributed by atoms with van der Waals surface area (Å²) in [5.74, 6) is -0.219. The average molecular weight is 528 g/mol. The summed E-state index contributed by atoms with van der Waals surface area (Å²) in [5.41, 5.74) is 2.22. The summed E-state index contributed by atoms with van der Waals surface area (Å²) in [6, 6.07) is 18.7. The van der Waals surface area contributed by atoms with Gasteiger partial charge in [0.2, 0.25) is 0 Å². The number of nitro benzene ring substituents is 1. The Bertz CT molecular complexity index is 1600. The van der Waals surface area contributed by atoms with E-state index in [9.17, 15) is 19.7 Å². The molecule has 0 saturated heterocycles. The Labute approximate surface area is 221 Å². The first kappa shape index (κ1) is 24.9. The number of ether oxygens (including phenoxy) is 1. The van der Waals surface area contributed by atoms with Crippen molar-refractivity contribution >= 4 is 40.9 Å². The molecule has 4 aromatic rings. The number of aryl methyl sites for hydroxylation is 1. The fraction of sp³-hybridized carbons (Fsp3) is 0.111. The monoisotopic (exact) mass is 527 g/mol. The maximum atomic E-state index is 13.6. The molecule has 1 aliphatic heterocycles. The molecule has 10 nitrogen and oxygen atoms in total. The highest BCUT2D eigenvalue weighted by Gasteiger charge is 2.34. The van der Waals surface area contributed by atoms with E-state index in [0.717, 1.165) is 17.3 Å². The van der Waals surface area contributed by atoms with Crippen molar-refractivity contribution in [2.24, 2.45) is 7.05 Å². The van der Waals surface area contributed by atoms with Gasteiger partial charge in [0.1, 0.15) is 12.1 Å². The number of imide groups is 1. The van der Waals surface area contributed by atoms with E-state index in [-0.39, 0.29) is 17.8 Å². The maximum Gasteiger partial charge on any atom is 0.283 e. The lowest BCUT2D eigenvalue weighted by Crippen LogP contribution is -2.41. The molecule has 11 heteroatoms. The lowest BCUT2D eigenvalue weighted by Gasteiger charge is -2.28. The van der Waals surface area contributed by atoms with Crippen molar-refractivity contribution in [3.05, 3.63) is 105 Å². The van der Waals surface area contributed by atoms with Crippen LogP contribution in [0.1, 0.15) is 27.0 Å². The lowest BCUT2D eigenvalue weighted by molar-refractivity contribution is -0.387. The number of hydrogen-bond donors (Lipinski definition) is 0. The zero-order valence-corrected chi connectivity index (χ0v) is 21.2. The Hall–Kier alpha value is -4.77. The molecule has 0 atom stereocenters. The van der Waals surface area contributed by atoms with Crippen LogP contribution in [0.3, 0.4) is 0 Å². The number of amides is 2. The number of benzene rings is 3. The Kier molecular flexibility index (Phi) is 6.75. The molecule has 0 saturated carbocycles. The highest BCUT2D eigenvalue weighted by molar-refractivity contribution is 7.99. The van der Waals surface area contributed by atoms with Gasteiger partial charge < -0.3 is 9.30 Å². The SMILES string of the molecule is COc1ccc(CN2C(=O)C(=Cc3ccc(Sc4nncn4C)c([N+](=O)[O-])c3)c3ccccc3C2=O)cc1. The van der Waals surface area contributed by atoms with Gasteiger partial charge >= 0.3 is 0 Å². The summed E-state index contributed by atoms with van der Waals surface area (Å²) in [6.45, 7) is 0.0702. The number of nitrogens with zero attached hydrogens (tertiary/aromatic N) is 5. The zero-order chi connectivity index (χ0) is 26.8. The molecule has 5 rings (SSSR count). The first-order valence-corrected chi connectivity index (χ1v) is 12.3. The maximum absolute atomic E-state index is 13.6. The van der Waals surface area contributed by atoms with Crippen LogP contribution in [0.15, 0.2) is 83.1 Å². The fourth-order valence-electron chi connectivity index (χ4n) is 4.08. The summed E-state index contributed by atoms with van der Waals surface area (Å²) in [4.78, 5) is 39.9. The second-order valence-electron chi connectivity index (χ2n) is 8.46. The average Bonchev–Trinajstić information content (AvgIpc) is 3.34. The molecule has 0 spiro atoms. The van der Waals surface area contributed by atoms with Crippen molar-refractivity contribution < 1.29 is 19.2 Å². The van der Waals surface area contributed by atoms with Gasteiger partial charge in [0, 0.05) is 24.3 Å². The van der Waals surface area contributed by atoms with Crippen LogP contribution in [0.4, 0.5) is 5.69 Å². The van der Waals surface area contributed by atoms with E-state index in [1.807, 2.05) is 0 Å². The van der Waals surface area contributed by atoms with Crippen LogP contribution in [0.2, 0.25) is 0 Å². The van der Waals surface area contributed by atoms with Crippen molar-refractivity contribution in [3.63, 3.8) is 0 Å². The highest BCUT2D eigenvalue weighted by atomic mass is 32.2. The molecule has 2 heterocycles. The number of aromatic nitrogens is 3. The third-order valence-electron chi connectivity index (χ3n) is 6.03. The molecule has 38 heavy (non-hydrogen) atoms. The second-order valence-corrected chi connectivity index (χ2v) is 9.47. The molecule has 0 bridgehead atoms. The van der Waals surface area contributed by atoms with E-state index in [4.69, 9.17) is 4.74 Å². The van der Waals surface area contributed by atoms with Crippen LogP contribution in [0.5, 0.6) is 5.75 Å². The van der Waals surface area contributed by atoms with E-state index in [1.54, 1.807) is 85.5 Å². The molecule has 1 aromatic heterocycles. The van der Waals surface area contributed by atoms with E-state index in [2.05, 4.69) is 10.2 Å². The quantitative estimate of drug-likeness (QED) is 0.148. The van der Waals surface area contributed by atoms with Crippen LogP contribution in [-0.4, -0.2) is 43.5 Å². The van der Waals surface area contributed by atoms with Gasteiger partial charge in [0.25, 0.3) is 17.5 Å². The normalized spacial score (nSPS) is 14.1. The first-order chi connectivity index (χ1) is 18.4. The Morgan fingerprint density at radius 2 is 1.76 bits per heavy atom. The van der Waals surface area contributed by atoms with Gasteiger partial charge in [0.05, 0.1) is 23.5 Å². The molecule has 0 unspecified atom stereocenters. The second kappa shape index (κ2) is 10.3. The van der Waals surface area contributed by atoms with Crippen LogP contribution >= 0.6 is 11.8 Å². The largest absolute Gasteiger partial charge is 0.497 e. The molecule has 0 radical (unpaired) electrons. The van der Waals surface area contributed by atoms with Crippen LogP contribution in [-0.2, 0) is 18.4 Å². The summed E-state index contributed by atoms with van der Waals surface area (Å²) in [5, 5.41) is 20.2. The zero-order valence-electron chi connectivity index (χ0n) is 20.4. The van der Waals surface area contributed by atoms with Crippen molar-refractivity contribution in [1.29, 1.82) is 0 Å². The number of nitro groups is 1. The third-order valence-corrected chi connectivity index (χ3v) is 7.15. The number of fused-ring (bicyclic) bond motifs is 1. The van der Waals surface area contributed by atoms with E-state index in [0.29, 0.717) is 32.5 Å². The van der Waals surface area contributed by atoms with E-state index >= 15 is 0 Å². The minimum Gasteiger partial charge on any atom is -0.497 e. The summed E-state index contributed by atoms with van der Waals surface area (Å²) in [6.07, 6.45) is 3.09. The molecule has 1 aliphatic rings. The third kappa shape index (κ3) is 4.78. The lowest BCUT2D eigenvalue weighted by atomic mass is 9.91. The Balaban J connectivity index is 1.53. The minimum absolute atomic E-state index is 0.0702. The molecule has 0 fully saturated rings. The van der Waals surface area contributed by atoms with Gasteiger partial charge in [-0.3, -0.25) is 24.6 Å². The number of carbonyl (C=O) groups excluding carboxylic acids is 2. The number of hydrogen-bond acceptors (Lipinski definition) is 8. The summed E-state index contributed by atoms with van der Waals surface area (Å²) >= 11 is 1.12. The molecule has 3 aromatic carbocycles. The molecule has 0 N–H and O–H groups in total. The Morgan fingerprint density at radius 1 is 1.03 bits per heavy atom. The van der Waals surface area contributed by atoms with Crippen LogP contribution in [0.25, 0.3) is 11.6 Å². The summed E-state index contributed by atoms with van der Waals surface area (Å²) in [7, 11) is 3.31. The fourth-order valence-corrected chi connectivity index (χ4v) is 4.93. The van der Waals surface area contributed by atoms with Gasteiger partial charge in [-0.1, -0.05) is 36.4 Å². The van der Waals surface area contributed by atoms with Crippen molar-refractivity contribution in [3.8, 4) is 5.75 Å². The summed E-state index contributed by atoms with van der Waals surface area (Å²) < 4.78 is 6.85. The van der Waals surface area contributed by atoms with E-state index in [1.165, 1.54) is 17.3 Å².